The lowest BCUT2D eigenvalue weighted by Crippen LogP contribution is -2.23. The average molecular weight is 253 g/mol. The number of aromatic nitrogens is 1. The predicted molar refractivity (Wildman–Crippen MR) is 77.9 cm³/mol. The van der Waals surface area contributed by atoms with Gasteiger partial charge in [0.2, 0.25) is 0 Å². The minimum absolute atomic E-state index is 0.513. The molecule has 3 nitrogen and oxygen atoms in total. The molecule has 0 aliphatic rings. The van der Waals surface area contributed by atoms with Crippen molar-refractivity contribution in [3.05, 3.63) is 23.9 Å². The molecule has 0 bridgehead atoms. The molecule has 4 heteroatoms. The van der Waals surface area contributed by atoms with Crippen molar-refractivity contribution >= 4 is 17.6 Å². The van der Waals surface area contributed by atoms with E-state index in [-0.39, 0.29) is 0 Å². The topological polar surface area (TPSA) is 28.2 Å². The molecule has 1 aromatic rings. The Balaban J connectivity index is 2.49. The number of anilines is 1. The normalized spacial score (nSPS) is 10.9. The highest BCUT2D eigenvalue weighted by atomic mass is 32.2. The van der Waals surface area contributed by atoms with E-state index in [1.807, 2.05) is 18.0 Å². The van der Waals surface area contributed by atoms with Gasteiger partial charge in [-0.3, -0.25) is 0 Å². The van der Waals surface area contributed by atoms with Crippen LogP contribution in [0.25, 0.3) is 0 Å². The lowest BCUT2D eigenvalue weighted by molar-refractivity contribution is 0.588. The molecule has 1 N–H and O–H groups in total. The fourth-order valence-electron chi connectivity index (χ4n) is 1.41. The van der Waals surface area contributed by atoms with E-state index in [1.54, 1.807) is 0 Å². The minimum Gasteiger partial charge on any atom is -0.359 e. The highest BCUT2D eigenvalue weighted by Crippen LogP contribution is 2.10. The minimum atomic E-state index is 0.513. The van der Waals surface area contributed by atoms with E-state index in [9.17, 15) is 0 Å². The predicted octanol–water partition coefficient (Wildman–Crippen LogP) is 2.38. The van der Waals surface area contributed by atoms with Crippen LogP contribution >= 0.6 is 11.8 Å². The van der Waals surface area contributed by atoms with Crippen molar-refractivity contribution in [1.82, 2.24) is 10.3 Å². The largest absolute Gasteiger partial charge is 0.359 e. The highest BCUT2D eigenvalue weighted by molar-refractivity contribution is 7.98. The van der Waals surface area contributed by atoms with Crippen LogP contribution in [-0.4, -0.2) is 36.6 Å². The van der Waals surface area contributed by atoms with E-state index in [1.165, 1.54) is 5.56 Å². The summed E-state index contributed by atoms with van der Waals surface area (Å²) in [7, 11) is 2.09. The summed E-state index contributed by atoms with van der Waals surface area (Å²) in [6, 6.07) is 4.75. The maximum absolute atomic E-state index is 4.49. The van der Waals surface area contributed by atoms with Crippen LogP contribution in [0.4, 0.5) is 5.82 Å². The van der Waals surface area contributed by atoms with Crippen LogP contribution in [0.2, 0.25) is 0 Å². The van der Waals surface area contributed by atoms with Crippen molar-refractivity contribution < 1.29 is 0 Å². The Bertz CT molecular complexity index is 311. The first-order chi connectivity index (χ1) is 8.13. The van der Waals surface area contributed by atoms with Gasteiger partial charge < -0.3 is 10.2 Å². The highest BCUT2D eigenvalue weighted by Gasteiger charge is 2.02. The maximum atomic E-state index is 4.49. The molecule has 17 heavy (non-hydrogen) atoms. The number of pyridine rings is 1. The van der Waals surface area contributed by atoms with Crippen LogP contribution in [0, 0.1) is 0 Å². The number of hydrogen-bond acceptors (Lipinski definition) is 4. The van der Waals surface area contributed by atoms with E-state index in [0.29, 0.717) is 6.04 Å². The summed E-state index contributed by atoms with van der Waals surface area (Å²) >= 11 is 1.86. The summed E-state index contributed by atoms with van der Waals surface area (Å²) in [5.74, 6) is 2.18. The van der Waals surface area contributed by atoms with Crippen LogP contribution in [0.3, 0.4) is 0 Å². The SMILES string of the molecule is CSCCN(C)c1ccc(CNC(C)C)cn1. The Labute approximate surface area is 109 Å². The van der Waals surface area contributed by atoms with Gasteiger partial charge in [0.05, 0.1) is 0 Å². The average Bonchev–Trinajstić information content (AvgIpc) is 2.34. The number of hydrogen-bond donors (Lipinski definition) is 1. The zero-order valence-electron chi connectivity index (χ0n) is 11.2. The monoisotopic (exact) mass is 253 g/mol. The molecule has 0 amide bonds. The second-order valence-corrected chi connectivity index (χ2v) is 5.46. The molecular weight excluding hydrogens is 230 g/mol. The third kappa shape index (κ3) is 5.41. The Morgan fingerprint density at radius 3 is 2.71 bits per heavy atom. The van der Waals surface area contributed by atoms with Gasteiger partial charge in [-0.25, -0.2) is 4.98 Å². The number of nitrogens with zero attached hydrogens (tertiary/aromatic N) is 2. The second kappa shape index (κ2) is 7.56. The van der Waals surface area contributed by atoms with E-state index < -0.39 is 0 Å². The fourth-order valence-corrected chi connectivity index (χ4v) is 1.87. The molecule has 0 spiro atoms. The first-order valence-corrected chi connectivity index (χ1v) is 7.41. The Hall–Kier alpha value is -0.740. The standard InChI is InChI=1S/C13H23N3S/c1-11(2)14-9-12-5-6-13(15-10-12)16(3)7-8-17-4/h5-6,10-11,14H,7-9H2,1-4H3. The summed E-state index contributed by atoms with van der Waals surface area (Å²) in [6.07, 6.45) is 4.09. The second-order valence-electron chi connectivity index (χ2n) is 4.47. The smallest absolute Gasteiger partial charge is 0.128 e. The van der Waals surface area contributed by atoms with Crippen LogP contribution in [0.5, 0.6) is 0 Å². The third-order valence-corrected chi connectivity index (χ3v) is 3.14. The molecule has 1 aromatic heterocycles. The van der Waals surface area contributed by atoms with Crippen molar-refractivity contribution in [3.63, 3.8) is 0 Å². The molecule has 0 aliphatic carbocycles. The van der Waals surface area contributed by atoms with Gasteiger partial charge >= 0.3 is 0 Å². The van der Waals surface area contributed by atoms with E-state index in [4.69, 9.17) is 0 Å². The van der Waals surface area contributed by atoms with Crippen LogP contribution < -0.4 is 10.2 Å². The van der Waals surface area contributed by atoms with Gasteiger partial charge in [0.15, 0.2) is 0 Å². The van der Waals surface area contributed by atoms with Gasteiger partial charge in [-0.1, -0.05) is 19.9 Å². The Kier molecular flexibility index (Phi) is 6.37. The van der Waals surface area contributed by atoms with Crippen LogP contribution in [0.1, 0.15) is 19.4 Å². The molecule has 0 saturated heterocycles. The van der Waals surface area contributed by atoms with Crippen molar-refractivity contribution in [1.29, 1.82) is 0 Å². The van der Waals surface area contributed by atoms with Crippen LogP contribution in [0.15, 0.2) is 18.3 Å². The summed E-state index contributed by atoms with van der Waals surface area (Å²) in [5, 5.41) is 3.39. The van der Waals surface area contributed by atoms with E-state index >= 15 is 0 Å². The molecule has 0 aromatic carbocycles. The lowest BCUT2D eigenvalue weighted by Gasteiger charge is -2.17. The number of rotatable bonds is 7. The van der Waals surface area contributed by atoms with Crippen molar-refractivity contribution in [2.75, 3.05) is 30.5 Å². The molecule has 0 aliphatic heterocycles. The fraction of sp³-hybridized carbons (Fsp3) is 0.615. The van der Waals surface area contributed by atoms with Gasteiger partial charge in [0.25, 0.3) is 0 Å². The summed E-state index contributed by atoms with van der Waals surface area (Å²) in [4.78, 5) is 6.68. The maximum Gasteiger partial charge on any atom is 0.128 e. The van der Waals surface area contributed by atoms with Gasteiger partial charge in [-0.05, 0) is 17.9 Å². The third-order valence-electron chi connectivity index (χ3n) is 2.55. The molecule has 0 unspecified atom stereocenters. The first-order valence-electron chi connectivity index (χ1n) is 6.02. The quantitative estimate of drug-likeness (QED) is 0.807. The zero-order valence-corrected chi connectivity index (χ0v) is 12.0. The van der Waals surface area contributed by atoms with Crippen molar-refractivity contribution in [2.24, 2.45) is 0 Å². The molecule has 1 rings (SSSR count). The van der Waals surface area contributed by atoms with Crippen molar-refractivity contribution in [3.8, 4) is 0 Å². The number of nitrogens with one attached hydrogen (secondary N) is 1. The molecule has 0 radical (unpaired) electrons. The number of thioether (sulfide) groups is 1. The van der Waals surface area contributed by atoms with Gasteiger partial charge in [-0.15, -0.1) is 0 Å². The Morgan fingerprint density at radius 1 is 1.41 bits per heavy atom. The first kappa shape index (κ1) is 14.3. The summed E-state index contributed by atoms with van der Waals surface area (Å²) in [5.41, 5.74) is 1.24. The van der Waals surface area contributed by atoms with Gasteiger partial charge in [-0.2, -0.15) is 11.8 Å². The van der Waals surface area contributed by atoms with Crippen molar-refractivity contribution in [2.45, 2.75) is 26.4 Å². The molecule has 1 heterocycles. The molecular formula is C13H23N3S. The summed E-state index contributed by atoms with van der Waals surface area (Å²) in [6.45, 7) is 6.23. The molecule has 0 fully saturated rings. The van der Waals surface area contributed by atoms with E-state index in [2.05, 4.69) is 54.5 Å². The van der Waals surface area contributed by atoms with Gasteiger partial charge in [0.1, 0.15) is 5.82 Å². The zero-order chi connectivity index (χ0) is 12.7. The molecule has 0 saturated carbocycles. The summed E-state index contributed by atoms with van der Waals surface area (Å²) < 4.78 is 0. The Morgan fingerprint density at radius 2 is 2.18 bits per heavy atom. The molecule has 96 valence electrons. The van der Waals surface area contributed by atoms with E-state index in [0.717, 1.165) is 24.7 Å². The lowest BCUT2D eigenvalue weighted by atomic mass is 10.2. The van der Waals surface area contributed by atoms with Crippen LogP contribution in [-0.2, 0) is 6.54 Å². The molecule has 0 atom stereocenters. The van der Waals surface area contributed by atoms with Gasteiger partial charge in [0, 0.05) is 38.1 Å².